The largest absolute Gasteiger partial charge is 0.0984 e. The van der Waals surface area contributed by atoms with Gasteiger partial charge < -0.3 is 0 Å². The highest BCUT2D eigenvalue weighted by Crippen LogP contribution is 2.10. The number of allylic oxidation sites excluding steroid dienone is 8. The van der Waals surface area contributed by atoms with Crippen molar-refractivity contribution in [1.29, 1.82) is 0 Å². The van der Waals surface area contributed by atoms with Gasteiger partial charge in [0.25, 0.3) is 0 Å². The molecule has 0 N–H and O–H groups in total. The van der Waals surface area contributed by atoms with Crippen molar-refractivity contribution in [3.63, 3.8) is 0 Å². The fourth-order valence-corrected chi connectivity index (χ4v) is 0.923. The highest BCUT2D eigenvalue weighted by molar-refractivity contribution is 5.45. The summed E-state index contributed by atoms with van der Waals surface area (Å²) < 4.78 is 0. The molecule has 0 spiro atoms. The predicted molar refractivity (Wildman–Crippen MR) is 68.4 cm³/mol. The van der Waals surface area contributed by atoms with E-state index in [0.29, 0.717) is 0 Å². The van der Waals surface area contributed by atoms with Crippen LogP contribution in [0.4, 0.5) is 0 Å². The van der Waals surface area contributed by atoms with Gasteiger partial charge in [-0.3, -0.25) is 0 Å². The Kier molecular flexibility index (Phi) is 12.7. The Hall–Kier alpha value is -1.30. The summed E-state index contributed by atoms with van der Waals surface area (Å²) in [4.78, 5) is 0. The standard InChI is InChI=1S/C12H16.C2H6/c1-5-9-11(7-3)12(8-4)10-6-2;1-2/h5-10H,3-4H2,1-2H3;1-2H3/b9-5-,10-6-,12-11-;. The van der Waals surface area contributed by atoms with Crippen LogP contribution in [-0.2, 0) is 0 Å². The highest BCUT2D eigenvalue weighted by atomic mass is 14.0. The smallest absolute Gasteiger partial charge is 0.0194 e. The van der Waals surface area contributed by atoms with Crippen molar-refractivity contribution in [2.75, 3.05) is 0 Å². The van der Waals surface area contributed by atoms with E-state index in [1.54, 1.807) is 0 Å². The normalized spacial score (nSPS) is 12.0. The average Bonchev–Trinajstić information content (AvgIpc) is 2.26. The summed E-state index contributed by atoms with van der Waals surface area (Å²) in [5.74, 6) is 0. The molecular formula is C14H22. The average molecular weight is 190 g/mol. The van der Waals surface area contributed by atoms with Crippen molar-refractivity contribution in [2.45, 2.75) is 27.7 Å². The summed E-state index contributed by atoms with van der Waals surface area (Å²) in [6.45, 7) is 15.5. The lowest BCUT2D eigenvalue weighted by molar-refractivity contribution is 1.50. The van der Waals surface area contributed by atoms with Crippen LogP contribution in [-0.4, -0.2) is 0 Å². The monoisotopic (exact) mass is 190 g/mol. The molecule has 14 heavy (non-hydrogen) atoms. The third-order valence-corrected chi connectivity index (χ3v) is 1.47. The predicted octanol–water partition coefficient (Wildman–Crippen LogP) is 4.83. The zero-order chi connectivity index (χ0) is 11.4. The van der Waals surface area contributed by atoms with Gasteiger partial charge in [-0.15, -0.1) is 0 Å². The second-order valence-electron chi connectivity index (χ2n) is 2.32. The summed E-state index contributed by atoms with van der Waals surface area (Å²) >= 11 is 0. The summed E-state index contributed by atoms with van der Waals surface area (Å²) in [6.07, 6.45) is 11.7. The molecule has 0 heterocycles. The molecule has 0 aromatic heterocycles. The van der Waals surface area contributed by atoms with Gasteiger partial charge in [0.05, 0.1) is 0 Å². The van der Waals surface area contributed by atoms with Gasteiger partial charge >= 0.3 is 0 Å². The molecule has 0 saturated carbocycles. The fourth-order valence-electron chi connectivity index (χ4n) is 0.923. The highest BCUT2D eigenvalue weighted by Gasteiger charge is 1.90. The Balaban J connectivity index is 0. The maximum Gasteiger partial charge on any atom is -0.0194 e. The zero-order valence-corrected chi connectivity index (χ0v) is 9.88. The molecule has 0 aliphatic heterocycles. The minimum absolute atomic E-state index is 1.10. The number of rotatable bonds is 4. The minimum Gasteiger partial charge on any atom is -0.0984 e. The van der Waals surface area contributed by atoms with Crippen LogP contribution < -0.4 is 0 Å². The first-order valence-electron chi connectivity index (χ1n) is 5.04. The molecule has 0 rings (SSSR count). The molecule has 0 amide bonds. The van der Waals surface area contributed by atoms with Gasteiger partial charge in [-0.1, -0.05) is 63.5 Å². The van der Waals surface area contributed by atoms with Crippen LogP contribution in [0.5, 0.6) is 0 Å². The lowest BCUT2D eigenvalue weighted by atomic mass is 10.1. The van der Waals surface area contributed by atoms with Crippen LogP contribution in [0.25, 0.3) is 0 Å². The molecule has 0 atom stereocenters. The lowest BCUT2D eigenvalue weighted by Gasteiger charge is -1.98. The quantitative estimate of drug-likeness (QED) is 0.557. The molecule has 0 aromatic rings. The van der Waals surface area contributed by atoms with Gasteiger partial charge in [0, 0.05) is 0 Å². The maximum atomic E-state index is 3.74. The van der Waals surface area contributed by atoms with Gasteiger partial charge in [0.1, 0.15) is 0 Å². The van der Waals surface area contributed by atoms with Gasteiger partial charge in [0.15, 0.2) is 0 Å². The van der Waals surface area contributed by atoms with Crippen LogP contribution in [0, 0.1) is 0 Å². The number of hydrogen-bond acceptors (Lipinski definition) is 0. The first kappa shape index (κ1) is 15.2. The Labute approximate surface area is 89.0 Å². The minimum atomic E-state index is 1.10. The van der Waals surface area contributed by atoms with E-state index in [4.69, 9.17) is 0 Å². The van der Waals surface area contributed by atoms with E-state index in [1.165, 1.54) is 0 Å². The van der Waals surface area contributed by atoms with Crippen molar-refractivity contribution in [2.24, 2.45) is 0 Å². The first-order chi connectivity index (χ1) is 6.79. The Morgan fingerprint density at radius 2 is 1.07 bits per heavy atom. The first-order valence-corrected chi connectivity index (χ1v) is 5.04. The molecule has 0 radical (unpaired) electrons. The molecule has 0 saturated heterocycles. The number of hydrogen-bond donors (Lipinski definition) is 0. The summed E-state index contributed by atoms with van der Waals surface area (Å²) in [7, 11) is 0. The maximum absolute atomic E-state index is 3.74. The molecule has 78 valence electrons. The van der Waals surface area contributed by atoms with Crippen molar-refractivity contribution < 1.29 is 0 Å². The van der Waals surface area contributed by atoms with Crippen LogP contribution in [0.1, 0.15) is 27.7 Å². The van der Waals surface area contributed by atoms with Gasteiger partial charge in [-0.25, -0.2) is 0 Å². The summed E-state index contributed by atoms with van der Waals surface area (Å²) in [5, 5.41) is 0. The molecule has 0 heteroatoms. The van der Waals surface area contributed by atoms with Crippen molar-refractivity contribution >= 4 is 0 Å². The topological polar surface area (TPSA) is 0 Å². The van der Waals surface area contributed by atoms with Crippen LogP contribution in [0.2, 0.25) is 0 Å². The van der Waals surface area contributed by atoms with E-state index in [2.05, 4.69) is 13.2 Å². The second-order valence-corrected chi connectivity index (χ2v) is 2.32. The second kappa shape index (κ2) is 11.7. The van der Waals surface area contributed by atoms with E-state index in [-0.39, 0.29) is 0 Å². The fraction of sp³-hybridized carbons (Fsp3) is 0.286. The Bertz CT molecular complexity index is 211. The van der Waals surface area contributed by atoms with Crippen molar-refractivity contribution in [1.82, 2.24) is 0 Å². The molecule has 0 aliphatic carbocycles. The van der Waals surface area contributed by atoms with Crippen LogP contribution in [0.3, 0.4) is 0 Å². The van der Waals surface area contributed by atoms with Crippen LogP contribution in [0.15, 0.2) is 60.8 Å². The molecule has 0 fully saturated rings. The molecule has 0 aliphatic rings. The Morgan fingerprint density at radius 1 is 0.786 bits per heavy atom. The van der Waals surface area contributed by atoms with Gasteiger partial charge in [0.2, 0.25) is 0 Å². The molecule has 0 nitrogen and oxygen atoms in total. The van der Waals surface area contributed by atoms with Crippen LogP contribution >= 0.6 is 0 Å². The summed E-state index contributed by atoms with van der Waals surface area (Å²) in [5.41, 5.74) is 2.20. The van der Waals surface area contributed by atoms with E-state index in [9.17, 15) is 0 Å². The Morgan fingerprint density at radius 3 is 1.21 bits per heavy atom. The van der Waals surface area contributed by atoms with Gasteiger partial charge in [-0.05, 0) is 25.0 Å². The third kappa shape index (κ3) is 6.24. The molecule has 0 bridgehead atoms. The third-order valence-electron chi connectivity index (χ3n) is 1.47. The lowest BCUT2D eigenvalue weighted by Crippen LogP contribution is -1.78. The van der Waals surface area contributed by atoms with Crippen molar-refractivity contribution in [3.05, 3.63) is 60.8 Å². The van der Waals surface area contributed by atoms with E-state index in [1.807, 2.05) is 64.2 Å². The molecule has 0 aromatic carbocycles. The van der Waals surface area contributed by atoms with Gasteiger partial charge in [-0.2, -0.15) is 0 Å². The molecule has 0 unspecified atom stereocenters. The van der Waals surface area contributed by atoms with Crippen molar-refractivity contribution in [3.8, 4) is 0 Å². The van der Waals surface area contributed by atoms with E-state index in [0.717, 1.165) is 11.1 Å². The SMILES string of the molecule is C=CC(/C=C\C)=C(C=C)/C=C\C.CC. The van der Waals surface area contributed by atoms with E-state index >= 15 is 0 Å². The summed E-state index contributed by atoms with van der Waals surface area (Å²) in [6, 6.07) is 0. The van der Waals surface area contributed by atoms with E-state index < -0.39 is 0 Å². The zero-order valence-electron chi connectivity index (χ0n) is 9.88. The molecular weight excluding hydrogens is 168 g/mol.